The van der Waals surface area contributed by atoms with E-state index in [9.17, 15) is 4.39 Å². The van der Waals surface area contributed by atoms with Crippen molar-refractivity contribution in [2.75, 3.05) is 13.2 Å². The maximum atomic E-state index is 15.0. The van der Waals surface area contributed by atoms with E-state index in [4.69, 9.17) is 4.74 Å². The van der Waals surface area contributed by atoms with Gasteiger partial charge >= 0.3 is 0 Å². The summed E-state index contributed by atoms with van der Waals surface area (Å²) in [6, 6.07) is 6.11. The summed E-state index contributed by atoms with van der Waals surface area (Å²) in [6.45, 7) is 3.46. The normalized spacial score (nSPS) is 25.5. The number of alkyl halides is 1. The fourth-order valence-electron chi connectivity index (χ4n) is 3.19. The molecular weight excluding hydrogens is 241 g/mol. The van der Waals surface area contributed by atoms with Crippen molar-refractivity contribution < 1.29 is 9.13 Å². The van der Waals surface area contributed by atoms with Crippen LogP contribution in [0, 0.1) is 0 Å². The Labute approximate surface area is 114 Å². The molecule has 0 saturated carbocycles. The predicted octanol–water partition coefficient (Wildman–Crippen LogP) is 3.34. The van der Waals surface area contributed by atoms with E-state index in [2.05, 4.69) is 5.32 Å². The molecule has 0 bridgehead atoms. The Morgan fingerprint density at radius 2 is 2.32 bits per heavy atom. The summed E-state index contributed by atoms with van der Waals surface area (Å²) in [6.07, 6.45) is 4.99. The first kappa shape index (κ1) is 12.9. The molecule has 3 heteroatoms. The Morgan fingerprint density at radius 1 is 1.42 bits per heavy atom. The quantitative estimate of drug-likeness (QED) is 0.903. The highest BCUT2D eigenvalue weighted by molar-refractivity contribution is 5.41. The van der Waals surface area contributed by atoms with Crippen LogP contribution in [0.4, 0.5) is 4.39 Å². The Kier molecular flexibility index (Phi) is 3.48. The summed E-state index contributed by atoms with van der Waals surface area (Å²) in [4.78, 5) is 0. The van der Waals surface area contributed by atoms with Gasteiger partial charge in [0.25, 0.3) is 0 Å². The SMILES string of the molecule is CC(F)(CC1CCCCN1)c1ccc2c(c1)CCO2. The van der Waals surface area contributed by atoms with Crippen LogP contribution in [-0.4, -0.2) is 19.2 Å². The molecule has 0 radical (unpaired) electrons. The van der Waals surface area contributed by atoms with Crippen LogP contribution in [0.3, 0.4) is 0 Å². The van der Waals surface area contributed by atoms with Crippen molar-refractivity contribution in [2.24, 2.45) is 0 Å². The van der Waals surface area contributed by atoms with Gasteiger partial charge in [-0.2, -0.15) is 0 Å². The highest BCUT2D eigenvalue weighted by Crippen LogP contribution is 2.36. The van der Waals surface area contributed by atoms with Crippen LogP contribution in [-0.2, 0) is 12.1 Å². The van der Waals surface area contributed by atoms with Gasteiger partial charge in [-0.1, -0.05) is 12.5 Å². The number of halogens is 1. The first-order valence-corrected chi connectivity index (χ1v) is 7.34. The molecule has 2 aliphatic rings. The van der Waals surface area contributed by atoms with Crippen LogP contribution in [0.25, 0.3) is 0 Å². The van der Waals surface area contributed by atoms with Gasteiger partial charge in [-0.05, 0) is 49.6 Å². The number of hydrogen-bond donors (Lipinski definition) is 1. The zero-order chi connectivity index (χ0) is 13.3. The molecule has 2 nitrogen and oxygen atoms in total. The molecule has 19 heavy (non-hydrogen) atoms. The second kappa shape index (κ2) is 5.12. The summed E-state index contributed by atoms with van der Waals surface area (Å²) in [5, 5.41) is 3.43. The fraction of sp³-hybridized carbons (Fsp3) is 0.625. The smallest absolute Gasteiger partial charge is 0.134 e. The van der Waals surface area contributed by atoms with Crippen molar-refractivity contribution in [3.05, 3.63) is 29.3 Å². The highest BCUT2D eigenvalue weighted by atomic mass is 19.1. The molecule has 3 rings (SSSR count). The van der Waals surface area contributed by atoms with E-state index in [1.54, 1.807) is 6.92 Å². The van der Waals surface area contributed by atoms with E-state index >= 15 is 0 Å². The molecule has 2 unspecified atom stereocenters. The average Bonchev–Trinajstić information content (AvgIpc) is 2.86. The molecule has 1 fully saturated rings. The number of hydrogen-bond acceptors (Lipinski definition) is 2. The molecule has 0 aliphatic carbocycles. The zero-order valence-electron chi connectivity index (χ0n) is 11.5. The molecule has 2 aliphatic heterocycles. The first-order chi connectivity index (χ1) is 9.15. The van der Waals surface area contributed by atoms with Gasteiger partial charge in [0.1, 0.15) is 11.4 Å². The van der Waals surface area contributed by atoms with Crippen molar-refractivity contribution in [3.63, 3.8) is 0 Å². The molecule has 1 N–H and O–H groups in total. The van der Waals surface area contributed by atoms with Gasteiger partial charge in [0.05, 0.1) is 6.61 Å². The van der Waals surface area contributed by atoms with Crippen LogP contribution in [0.5, 0.6) is 5.75 Å². The summed E-state index contributed by atoms with van der Waals surface area (Å²) >= 11 is 0. The van der Waals surface area contributed by atoms with Gasteiger partial charge in [0.15, 0.2) is 0 Å². The lowest BCUT2D eigenvalue weighted by molar-refractivity contribution is 0.146. The third kappa shape index (κ3) is 2.76. The monoisotopic (exact) mass is 263 g/mol. The molecule has 1 aromatic carbocycles. The van der Waals surface area contributed by atoms with Gasteiger partial charge in [0, 0.05) is 18.9 Å². The molecule has 1 aromatic rings. The van der Waals surface area contributed by atoms with E-state index in [-0.39, 0.29) is 0 Å². The van der Waals surface area contributed by atoms with E-state index in [0.717, 1.165) is 42.9 Å². The Balaban J connectivity index is 1.75. The Hall–Kier alpha value is -1.09. The lowest BCUT2D eigenvalue weighted by atomic mass is 9.87. The molecular formula is C16H22FNO. The van der Waals surface area contributed by atoms with Crippen molar-refractivity contribution in [1.82, 2.24) is 5.32 Å². The lowest BCUT2D eigenvalue weighted by Crippen LogP contribution is -2.38. The predicted molar refractivity (Wildman–Crippen MR) is 74.4 cm³/mol. The molecule has 0 amide bonds. The Morgan fingerprint density at radius 3 is 3.11 bits per heavy atom. The third-order valence-electron chi connectivity index (χ3n) is 4.33. The van der Waals surface area contributed by atoms with E-state index in [1.165, 1.54) is 12.8 Å². The largest absolute Gasteiger partial charge is 0.493 e. The maximum Gasteiger partial charge on any atom is 0.134 e. The molecule has 1 saturated heterocycles. The standard InChI is InChI=1S/C16H22FNO/c1-16(17,11-14-4-2-3-8-18-14)13-5-6-15-12(10-13)7-9-19-15/h5-6,10,14,18H,2-4,7-9,11H2,1H3. The third-order valence-corrected chi connectivity index (χ3v) is 4.33. The van der Waals surface area contributed by atoms with Gasteiger partial charge in [-0.3, -0.25) is 0 Å². The second-order valence-electron chi connectivity index (χ2n) is 5.97. The van der Waals surface area contributed by atoms with Crippen LogP contribution in [0.15, 0.2) is 18.2 Å². The van der Waals surface area contributed by atoms with Crippen molar-refractivity contribution in [2.45, 2.75) is 50.7 Å². The zero-order valence-corrected chi connectivity index (χ0v) is 11.5. The number of rotatable bonds is 3. The Bertz CT molecular complexity index is 452. The molecule has 0 spiro atoms. The van der Waals surface area contributed by atoms with E-state index in [1.807, 2.05) is 18.2 Å². The number of benzene rings is 1. The van der Waals surface area contributed by atoms with Crippen LogP contribution >= 0.6 is 0 Å². The number of nitrogens with one attached hydrogen (secondary N) is 1. The number of piperidine rings is 1. The van der Waals surface area contributed by atoms with Crippen LogP contribution in [0.1, 0.15) is 43.7 Å². The topological polar surface area (TPSA) is 21.3 Å². The second-order valence-corrected chi connectivity index (χ2v) is 5.97. The van der Waals surface area contributed by atoms with Gasteiger partial charge in [-0.25, -0.2) is 4.39 Å². The molecule has 104 valence electrons. The minimum absolute atomic E-state index is 0.313. The highest BCUT2D eigenvalue weighted by Gasteiger charge is 2.31. The van der Waals surface area contributed by atoms with Crippen LogP contribution < -0.4 is 10.1 Å². The fourth-order valence-corrected chi connectivity index (χ4v) is 3.19. The van der Waals surface area contributed by atoms with Gasteiger partial charge in [0.2, 0.25) is 0 Å². The summed E-state index contributed by atoms with van der Waals surface area (Å²) in [5.74, 6) is 0.926. The summed E-state index contributed by atoms with van der Waals surface area (Å²) in [5.41, 5.74) is 0.689. The molecule has 0 aromatic heterocycles. The maximum absolute atomic E-state index is 15.0. The van der Waals surface area contributed by atoms with E-state index in [0.29, 0.717) is 12.5 Å². The van der Waals surface area contributed by atoms with Crippen molar-refractivity contribution in [1.29, 1.82) is 0 Å². The minimum Gasteiger partial charge on any atom is -0.493 e. The van der Waals surface area contributed by atoms with E-state index < -0.39 is 5.67 Å². The number of ether oxygens (including phenoxy) is 1. The van der Waals surface area contributed by atoms with Gasteiger partial charge in [-0.15, -0.1) is 0 Å². The summed E-state index contributed by atoms with van der Waals surface area (Å²) < 4.78 is 20.5. The lowest BCUT2D eigenvalue weighted by Gasteiger charge is -2.30. The first-order valence-electron chi connectivity index (χ1n) is 7.34. The number of fused-ring (bicyclic) bond motifs is 1. The van der Waals surface area contributed by atoms with Crippen molar-refractivity contribution in [3.8, 4) is 5.75 Å². The average molecular weight is 263 g/mol. The van der Waals surface area contributed by atoms with Crippen molar-refractivity contribution >= 4 is 0 Å². The van der Waals surface area contributed by atoms with Crippen LogP contribution in [0.2, 0.25) is 0 Å². The molecule has 2 atom stereocenters. The minimum atomic E-state index is -1.26. The van der Waals surface area contributed by atoms with Gasteiger partial charge < -0.3 is 10.1 Å². The summed E-state index contributed by atoms with van der Waals surface area (Å²) in [7, 11) is 0. The molecule has 2 heterocycles.